The predicted octanol–water partition coefficient (Wildman–Crippen LogP) is 2.36. The molecule has 0 spiro atoms. The summed E-state index contributed by atoms with van der Waals surface area (Å²) in [5.74, 6) is -0.633. The summed E-state index contributed by atoms with van der Waals surface area (Å²) in [6.45, 7) is 0.275. The van der Waals surface area contributed by atoms with Crippen molar-refractivity contribution in [3.05, 3.63) is 48.4 Å². The molecule has 7 heteroatoms. The van der Waals surface area contributed by atoms with Gasteiger partial charge in [-0.25, -0.2) is 0 Å². The molecule has 0 saturated carbocycles. The van der Waals surface area contributed by atoms with Gasteiger partial charge in [0.1, 0.15) is 5.76 Å². The molecule has 6 nitrogen and oxygen atoms in total. The highest BCUT2D eigenvalue weighted by Gasteiger charge is 2.21. The molecule has 1 atom stereocenters. The Kier molecular flexibility index (Phi) is 6.45. The molecule has 1 unspecified atom stereocenters. The van der Waals surface area contributed by atoms with E-state index in [0.29, 0.717) is 5.69 Å². The summed E-state index contributed by atoms with van der Waals surface area (Å²) < 4.78 is 5.38. The van der Waals surface area contributed by atoms with Crippen molar-refractivity contribution in [3.8, 4) is 0 Å². The maximum Gasteiger partial charge on any atom is 0.313 e. The van der Waals surface area contributed by atoms with Gasteiger partial charge in [-0.3, -0.25) is 14.5 Å². The molecular weight excluding hydrogens is 326 g/mol. The molecule has 0 aliphatic heterocycles. The van der Waals surface area contributed by atoms with E-state index in [9.17, 15) is 9.59 Å². The molecule has 0 saturated heterocycles. The number of hydrogen-bond donors (Lipinski definition) is 2. The zero-order valence-electron chi connectivity index (χ0n) is 13.9. The van der Waals surface area contributed by atoms with E-state index in [-0.39, 0.29) is 12.6 Å². The lowest BCUT2D eigenvalue weighted by Crippen LogP contribution is -2.40. The van der Waals surface area contributed by atoms with Gasteiger partial charge in [-0.1, -0.05) is 12.1 Å². The molecule has 0 aliphatic rings. The molecule has 0 radical (unpaired) electrons. The lowest BCUT2D eigenvalue weighted by Gasteiger charge is -2.22. The van der Waals surface area contributed by atoms with Gasteiger partial charge in [0.25, 0.3) is 0 Å². The van der Waals surface area contributed by atoms with Gasteiger partial charge < -0.3 is 15.1 Å². The Morgan fingerprint density at radius 3 is 2.54 bits per heavy atom. The lowest BCUT2D eigenvalue weighted by atomic mass is 10.2. The summed E-state index contributed by atoms with van der Waals surface area (Å²) in [6, 6.07) is 10.8. The van der Waals surface area contributed by atoms with Crippen LogP contribution in [0.5, 0.6) is 0 Å². The molecule has 2 N–H and O–H groups in total. The second kappa shape index (κ2) is 8.56. The fourth-order valence-electron chi connectivity index (χ4n) is 2.22. The Balaban J connectivity index is 1.95. The number of carbonyl (C=O) groups excluding carboxylic acids is 2. The van der Waals surface area contributed by atoms with E-state index in [1.54, 1.807) is 18.4 Å². The molecule has 0 bridgehead atoms. The molecule has 128 valence electrons. The van der Waals surface area contributed by atoms with Crippen LogP contribution in [0.4, 0.5) is 5.69 Å². The van der Waals surface area contributed by atoms with Crippen LogP contribution in [0.2, 0.25) is 0 Å². The summed E-state index contributed by atoms with van der Waals surface area (Å²) in [4.78, 5) is 27.0. The van der Waals surface area contributed by atoms with Gasteiger partial charge in [0.2, 0.25) is 0 Å². The SMILES string of the molecule is CSc1ccccc1NC(=O)C(=O)NCC(c1ccco1)N(C)C. The number of nitrogens with zero attached hydrogens (tertiary/aromatic N) is 1. The van der Waals surface area contributed by atoms with E-state index >= 15 is 0 Å². The molecule has 2 aromatic rings. The Morgan fingerprint density at radius 2 is 1.92 bits per heavy atom. The number of likely N-dealkylation sites (N-methyl/N-ethyl adjacent to an activating group) is 1. The largest absolute Gasteiger partial charge is 0.468 e. The Bertz CT molecular complexity index is 686. The summed E-state index contributed by atoms with van der Waals surface area (Å²) in [7, 11) is 3.77. The van der Waals surface area contributed by atoms with Gasteiger partial charge in [0.05, 0.1) is 18.0 Å². The number of nitrogens with one attached hydrogen (secondary N) is 2. The predicted molar refractivity (Wildman–Crippen MR) is 95.0 cm³/mol. The second-order valence-corrected chi connectivity index (χ2v) is 6.21. The van der Waals surface area contributed by atoms with Gasteiger partial charge in [-0.15, -0.1) is 11.8 Å². The molecule has 0 aliphatic carbocycles. The van der Waals surface area contributed by atoms with Crippen LogP contribution in [0.25, 0.3) is 0 Å². The van der Waals surface area contributed by atoms with Crippen molar-refractivity contribution in [3.63, 3.8) is 0 Å². The summed E-state index contributed by atoms with van der Waals surface area (Å²) >= 11 is 1.50. The average Bonchev–Trinajstić information content (AvgIpc) is 3.09. The van der Waals surface area contributed by atoms with Crippen LogP contribution in [0.1, 0.15) is 11.8 Å². The van der Waals surface area contributed by atoms with E-state index < -0.39 is 11.8 Å². The first-order valence-corrected chi connectivity index (χ1v) is 8.67. The van der Waals surface area contributed by atoms with Crippen molar-refractivity contribution in [2.75, 3.05) is 32.2 Å². The number of carbonyl (C=O) groups is 2. The Morgan fingerprint density at radius 1 is 1.17 bits per heavy atom. The number of rotatable bonds is 6. The summed E-state index contributed by atoms with van der Waals surface area (Å²) in [5, 5.41) is 5.29. The van der Waals surface area contributed by atoms with E-state index in [4.69, 9.17) is 4.42 Å². The highest BCUT2D eigenvalue weighted by Crippen LogP contribution is 2.24. The summed E-state index contributed by atoms with van der Waals surface area (Å²) in [6.07, 6.45) is 3.50. The number of para-hydroxylation sites is 1. The zero-order valence-corrected chi connectivity index (χ0v) is 14.7. The van der Waals surface area contributed by atoms with Crippen LogP contribution in [0.15, 0.2) is 52.0 Å². The van der Waals surface area contributed by atoms with Gasteiger partial charge in [-0.2, -0.15) is 0 Å². The number of anilines is 1. The highest BCUT2D eigenvalue weighted by atomic mass is 32.2. The van der Waals surface area contributed by atoms with Crippen molar-refractivity contribution in [1.29, 1.82) is 0 Å². The van der Waals surface area contributed by atoms with E-state index in [1.807, 2.05) is 49.5 Å². The monoisotopic (exact) mass is 347 g/mol. The van der Waals surface area contributed by atoms with Crippen LogP contribution < -0.4 is 10.6 Å². The number of amides is 2. The average molecular weight is 347 g/mol. The van der Waals surface area contributed by atoms with Gasteiger partial charge in [-0.05, 0) is 44.6 Å². The maximum absolute atomic E-state index is 12.1. The quantitative estimate of drug-likeness (QED) is 0.620. The van der Waals surface area contributed by atoms with Crippen molar-refractivity contribution in [2.24, 2.45) is 0 Å². The van der Waals surface area contributed by atoms with Crippen LogP contribution in [0.3, 0.4) is 0 Å². The minimum atomic E-state index is -0.687. The highest BCUT2D eigenvalue weighted by molar-refractivity contribution is 7.98. The minimum Gasteiger partial charge on any atom is -0.468 e. The number of thioether (sulfide) groups is 1. The van der Waals surface area contributed by atoms with E-state index in [2.05, 4.69) is 10.6 Å². The first kappa shape index (κ1) is 18.1. The zero-order chi connectivity index (χ0) is 17.5. The maximum atomic E-state index is 12.1. The van der Waals surface area contributed by atoms with Crippen molar-refractivity contribution >= 4 is 29.3 Å². The first-order chi connectivity index (χ1) is 11.5. The molecule has 2 rings (SSSR count). The Hall–Kier alpha value is -2.25. The van der Waals surface area contributed by atoms with Crippen LogP contribution in [0, 0.1) is 0 Å². The molecule has 1 aromatic heterocycles. The second-order valence-electron chi connectivity index (χ2n) is 5.36. The van der Waals surface area contributed by atoms with Gasteiger partial charge in [0.15, 0.2) is 0 Å². The van der Waals surface area contributed by atoms with Crippen LogP contribution in [-0.2, 0) is 9.59 Å². The normalized spacial score (nSPS) is 12.0. The fraction of sp³-hybridized carbons (Fsp3) is 0.294. The van der Waals surface area contributed by atoms with E-state index in [0.717, 1.165) is 10.7 Å². The van der Waals surface area contributed by atoms with Crippen LogP contribution in [-0.4, -0.2) is 43.6 Å². The molecule has 2 amide bonds. The van der Waals surface area contributed by atoms with Crippen LogP contribution >= 0.6 is 11.8 Å². The van der Waals surface area contributed by atoms with Gasteiger partial charge >= 0.3 is 11.8 Å². The Labute approximate surface area is 145 Å². The molecular formula is C17H21N3O3S. The first-order valence-electron chi connectivity index (χ1n) is 7.45. The molecule has 0 fully saturated rings. The third-order valence-corrected chi connectivity index (χ3v) is 4.31. The molecule has 24 heavy (non-hydrogen) atoms. The van der Waals surface area contributed by atoms with E-state index in [1.165, 1.54) is 11.8 Å². The minimum absolute atomic E-state index is 0.143. The third kappa shape index (κ3) is 4.62. The smallest absolute Gasteiger partial charge is 0.313 e. The fourth-order valence-corrected chi connectivity index (χ4v) is 2.77. The molecule has 1 aromatic carbocycles. The number of furan rings is 1. The van der Waals surface area contributed by atoms with Gasteiger partial charge in [0, 0.05) is 11.4 Å². The lowest BCUT2D eigenvalue weighted by molar-refractivity contribution is -0.136. The van der Waals surface area contributed by atoms with Crippen molar-refractivity contribution < 1.29 is 14.0 Å². The topological polar surface area (TPSA) is 74.6 Å². The van der Waals surface area contributed by atoms with Crippen molar-refractivity contribution in [2.45, 2.75) is 10.9 Å². The molecule has 1 heterocycles. The third-order valence-electron chi connectivity index (χ3n) is 3.51. The number of hydrogen-bond acceptors (Lipinski definition) is 5. The van der Waals surface area contributed by atoms with Crippen molar-refractivity contribution in [1.82, 2.24) is 10.2 Å². The summed E-state index contributed by atoms with van der Waals surface area (Å²) in [5.41, 5.74) is 0.625. The standard InChI is InChI=1S/C17H21N3O3S/c1-20(2)13(14-8-6-10-23-14)11-18-16(21)17(22)19-12-7-4-5-9-15(12)24-3/h4-10,13H,11H2,1-3H3,(H,18,21)(H,19,22). The number of benzene rings is 1.